The molecule has 0 saturated carbocycles. The first-order valence-corrected chi connectivity index (χ1v) is 5.16. The Morgan fingerprint density at radius 1 is 1.36 bits per heavy atom. The van der Waals surface area contributed by atoms with Gasteiger partial charge in [-0.25, -0.2) is 0 Å². The van der Waals surface area contributed by atoms with Gasteiger partial charge in [0.1, 0.15) is 6.10 Å². The van der Waals surface area contributed by atoms with Gasteiger partial charge in [0, 0.05) is 4.57 Å². The molecule has 0 heterocycles. The smallest absolute Gasteiger partial charge is 0.133 e. The molecule has 1 unspecified atom stereocenters. The van der Waals surface area contributed by atoms with Gasteiger partial charge >= 0.3 is 8.25 Å². The predicted octanol–water partition coefficient (Wildman–Crippen LogP) is 2.62. The first-order valence-electron chi connectivity index (χ1n) is 4.03. The summed E-state index contributed by atoms with van der Waals surface area (Å²) in [5.74, 6) is 0. The number of hydrogen-bond acceptors (Lipinski definition) is 2. The van der Waals surface area contributed by atoms with Crippen LogP contribution >= 0.6 is 8.25 Å². The monoisotopic (exact) mass is 179 g/mol. The van der Waals surface area contributed by atoms with Crippen LogP contribution in [0.5, 0.6) is 0 Å². The summed E-state index contributed by atoms with van der Waals surface area (Å²) in [5.41, 5.74) is 0. The van der Waals surface area contributed by atoms with Crippen molar-refractivity contribution < 1.29 is 14.0 Å². The highest BCUT2D eigenvalue weighted by Gasteiger charge is 2.20. The van der Waals surface area contributed by atoms with Crippen LogP contribution in [-0.4, -0.2) is 11.0 Å². The van der Waals surface area contributed by atoms with E-state index in [1.54, 1.807) is 0 Å². The zero-order valence-electron chi connectivity index (χ0n) is 7.12. The minimum atomic E-state index is -2.41. The van der Waals surface area contributed by atoms with Crippen LogP contribution in [0.3, 0.4) is 0 Å². The standard InChI is InChI=1S/C7H15O3P/c1-3-5-7(6-4-2)10-11(8)9/h7H,3-6H2,1-2H3/p+1. The van der Waals surface area contributed by atoms with Crippen LogP contribution in [0.25, 0.3) is 0 Å². The lowest BCUT2D eigenvalue weighted by Gasteiger charge is -2.05. The summed E-state index contributed by atoms with van der Waals surface area (Å²) in [6.07, 6.45) is 3.70. The van der Waals surface area contributed by atoms with E-state index in [0.29, 0.717) is 0 Å². The van der Waals surface area contributed by atoms with Gasteiger partial charge in [0.25, 0.3) is 0 Å². The van der Waals surface area contributed by atoms with Crippen molar-refractivity contribution in [3.05, 3.63) is 0 Å². The first-order chi connectivity index (χ1) is 5.20. The molecule has 1 N–H and O–H groups in total. The highest BCUT2D eigenvalue weighted by atomic mass is 31.1. The van der Waals surface area contributed by atoms with Crippen LogP contribution in [0.15, 0.2) is 0 Å². The van der Waals surface area contributed by atoms with E-state index in [1.165, 1.54) is 0 Å². The third kappa shape index (κ3) is 6.42. The van der Waals surface area contributed by atoms with Crippen molar-refractivity contribution in [2.75, 3.05) is 0 Å². The molecule has 0 aromatic rings. The molecule has 0 bridgehead atoms. The highest BCUT2D eigenvalue weighted by molar-refractivity contribution is 7.32. The van der Waals surface area contributed by atoms with Gasteiger partial charge in [-0.1, -0.05) is 26.7 Å². The fourth-order valence-corrected chi connectivity index (χ4v) is 1.49. The molecular weight excluding hydrogens is 163 g/mol. The minimum Gasteiger partial charge on any atom is -0.133 e. The molecule has 66 valence electrons. The van der Waals surface area contributed by atoms with Gasteiger partial charge in [0.05, 0.1) is 0 Å². The zero-order valence-corrected chi connectivity index (χ0v) is 8.01. The maximum absolute atomic E-state index is 10.3. The Balaban J connectivity index is 3.59. The average Bonchev–Trinajstić information content (AvgIpc) is 1.87. The van der Waals surface area contributed by atoms with Crippen molar-refractivity contribution in [3.63, 3.8) is 0 Å². The van der Waals surface area contributed by atoms with E-state index in [4.69, 9.17) is 9.42 Å². The van der Waals surface area contributed by atoms with Gasteiger partial charge in [0.2, 0.25) is 0 Å². The molecule has 3 nitrogen and oxygen atoms in total. The fourth-order valence-electron chi connectivity index (χ4n) is 1.02. The quantitative estimate of drug-likeness (QED) is 0.637. The van der Waals surface area contributed by atoms with Crippen LogP contribution in [0, 0.1) is 0 Å². The molecule has 0 saturated heterocycles. The molecule has 1 atom stereocenters. The summed E-state index contributed by atoms with van der Waals surface area (Å²) in [6, 6.07) is 0. The molecule has 0 rings (SSSR count). The summed E-state index contributed by atoms with van der Waals surface area (Å²) in [7, 11) is -2.41. The number of hydrogen-bond donors (Lipinski definition) is 1. The van der Waals surface area contributed by atoms with Gasteiger partial charge in [-0.3, -0.25) is 0 Å². The lowest BCUT2D eigenvalue weighted by molar-refractivity contribution is 0.168. The molecule has 0 spiro atoms. The Kier molecular flexibility index (Phi) is 6.73. The maximum atomic E-state index is 10.3. The lowest BCUT2D eigenvalue weighted by atomic mass is 10.1. The third-order valence-corrected chi connectivity index (χ3v) is 1.94. The zero-order chi connectivity index (χ0) is 8.69. The summed E-state index contributed by atoms with van der Waals surface area (Å²) in [6.45, 7) is 4.08. The molecule has 0 radical (unpaired) electrons. The van der Waals surface area contributed by atoms with Crippen LogP contribution in [0.1, 0.15) is 39.5 Å². The molecular formula is C7H16O3P+. The Bertz CT molecular complexity index is 110. The van der Waals surface area contributed by atoms with E-state index < -0.39 is 8.25 Å². The Morgan fingerprint density at radius 3 is 2.09 bits per heavy atom. The Labute approximate surface area is 68.7 Å². The molecule has 4 heteroatoms. The summed E-state index contributed by atoms with van der Waals surface area (Å²) < 4.78 is 15.1. The Hall–Kier alpha value is 0.0200. The van der Waals surface area contributed by atoms with Crippen molar-refractivity contribution in [3.8, 4) is 0 Å². The second-order valence-electron chi connectivity index (χ2n) is 2.54. The fraction of sp³-hybridized carbons (Fsp3) is 1.00. The topological polar surface area (TPSA) is 46.5 Å². The van der Waals surface area contributed by atoms with Crippen molar-refractivity contribution >= 4 is 8.25 Å². The third-order valence-electron chi connectivity index (χ3n) is 1.46. The normalized spacial score (nSPS) is 12.2. The predicted molar refractivity (Wildman–Crippen MR) is 44.5 cm³/mol. The van der Waals surface area contributed by atoms with E-state index in [2.05, 4.69) is 0 Å². The largest absolute Gasteiger partial charge is 0.694 e. The SMILES string of the molecule is CCCC(CCC)O[P+](=O)O. The molecule has 0 aromatic heterocycles. The minimum absolute atomic E-state index is 0.0291. The summed E-state index contributed by atoms with van der Waals surface area (Å²) in [5, 5.41) is 0. The summed E-state index contributed by atoms with van der Waals surface area (Å²) >= 11 is 0. The maximum Gasteiger partial charge on any atom is 0.694 e. The second-order valence-corrected chi connectivity index (χ2v) is 3.23. The van der Waals surface area contributed by atoms with Crippen LogP contribution in [0.4, 0.5) is 0 Å². The Morgan fingerprint density at radius 2 is 1.82 bits per heavy atom. The summed E-state index contributed by atoms with van der Waals surface area (Å²) in [4.78, 5) is 8.46. The molecule has 0 aliphatic carbocycles. The second kappa shape index (κ2) is 6.71. The van der Waals surface area contributed by atoms with E-state index in [-0.39, 0.29) is 6.10 Å². The van der Waals surface area contributed by atoms with Crippen molar-refractivity contribution in [2.24, 2.45) is 0 Å². The molecule has 0 fully saturated rings. The van der Waals surface area contributed by atoms with Crippen molar-refractivity contribution in [2.45, 2.75) is 45.6 Å². The van der Waals surface area contributed by atoms with Gasteiger partial charge in [-0.2, -0.15) is 0 Å². The van der Waals surface area contributed by atoms with Crippen LogP contribution < -0.4 is 0 Å². The molecule has 0 aliphatic rings. The van der Waals surface area contributed by atoms with E-state index in [9.17, 15) is 4.57 Å². The van der Waals surface area contributed by atoms with E-state index in [1.807, 2.05) is 13.8 Å². The molecule has 0 aliphatic heterocycles. The molecule has 0 amide bonds. The number of rotatable bonds is 6. The van der Waals surface area contributed by atoms with Crippen molar-refractivity contribution in [1.29, 1.82) is 0 Å². The van der Waals surface area contributed by atoms with Crippen LogP contribution in [-0.2, 0) is 9.09 Å². The highest BCUT2D eigenvalue weighted by Crippen LogP contribution is 2.23. The van der Waals surface area contributed by atoms with Gasteiger partial charge in [0.15, 0.2) is 0 Å². The van der Waals surface area contributed by atoms with Gasteiger partial charge in [-0.15, -0.1) is 9.42 Å². The van der Waals surface area contributed by atoms with Crippen LogP contribution in [0.2, 0.25) is 0 Å². The average molecular weight is 179 g/mol. The first kappa shape index (κ1) is 11.0. The van der Waals surface area contributed by atoms with Crippen molar-refractivity contribution in [1.82, 2.24) is 0 Å². The molecule has 0 aromatic carbocycles. The molecule has 11 heavy (non-hydrogen) atoms. The van der Waals surface area contributed by atoms with E-state index >= 15 is 0 Å². The lowest BCUT2D eigenvalue weighted by Crippen LogP contribution is -2.07. The van der Waals surface area contributed by atoms with E-state index in [0.717, 1.165) is 25.7 Å². The van der Waals surface area contributed by atoms with Gasteiger partial charge < -0.3 is 0 Å². The van der Waals surface area contributed by atoms with Gasteiger partial charge in [-0.05, 0) is 12.8 Å².